The lowest BCUT2D eigenvalue weighted by molar-refractivity contribution is 0.831. The fourth-order valence-electron chi connectivity index (χ4n) is 2.24. The summed E-state index contributed by atoms with van der Waals surface area (Å²) in [5.74, 6) is 0. The van der Waals surface area contributed by atoms with Crippen molar-refractivity contribution in [3.8, 4) is 6.07 Å². The zero-order valence-corrected chi connectivity index (χ0v) is 8.03. The van der Waals surface area contributed by atoms with Gasteiger partial charge in [0.05, 0.1) is 11.6 Å². The van der Waals surface area contributed by atoms with Crippen molar-refractivity contribution in [3.63, 3.8) is 0 Å². The van der Waals surface area contributed by atoms with E-state index in [1.807, 2.05) is 12.1 Å². The summed E-state index contributed by atoms with van der Waals surface area (Å²) in [6, 6.07) is 9.05. The van der Waals surface area contributed by atoms with E-state index in [4.69, 9.17) is 5.26 Å². The molecule has 1 aromatic rings. The van der Waals surface area contributed by atoms with Crippen LogP contribution in [0.5, 0.6) is 0 Å². The van der Waals surface area contributed by atoms with Gasteiger partial charge in [0.1, 0.15) is 0 Å². The topological polar surface area (TPSA) is 27.0 Å². The molecule has 1 aliphatic heterocycles. The second kappa shape index (κ2) is 2.75. The number of hydrogen-bond donors (Lipinski definition) is 0. The molecule has 1 fully saturated rings. The number of nitriles is 1. The van der Waals surface area contributed by atoms with Crippen LogP contribution in [0.1, 0.15) is 24.0 Å². The maximum absolute atomic E-state index is 8.84. The lowest BCUT2D eigenvalue weighted by atomic mass is 10.1. The summed E-state index contributed by atoms with van der Waals surface area (Å²) in [5.41, 5.74) is 3.51. The summed E-state index contributed by atoms with van der Waals surface area (Å²) < 4.78 is 0. The Kier molecular flexibility index (Phi) is 1.55. The Labute approximate surface area is 83.8 Å². The number of anilines is 1. The molecule has 0 unspecified atom stereocenters. The second-order valence-electron chi connectivity index (χ2n) is 4.13. The molecule has 2 aliphatic rings. The van der Waals surface area contributed by atoms with Crippen LogP contribution in [0.25, 0.3) is 0 Å². The van der Waals surface area contributed by atoms with Crippen LogP contribution in [0.15, 0.2) is 18.2 Å². The molecule has 0 aromatic heterocycles. The third-order valence-electron chi connectivity index (χ3n) is 3.13. The van der Waals surface area contributed by atoms with Gasteiger partial charge in [0.2, 0.25) is 0 Å². The average molecular weight is 184 g/mol. The molecule has 0 spiro atoms. The first kappa shape index (κ1) is 7.87. The molecular weight excluding hydrogens is 172 g/mol. The Morgan fingerprint density at radius 1 is 1.36 bits per heavy atom. The maximum Gasteiger partial charge on any atom is 0.0992 e. The minimum atomic E-state index is 0.769. The monoisotopic (exact) mass is 184 g/mol. The molecule has 0 saturated heterocycles. The second-order valence-corrected chi connectivity index (χ2v) is 4.13. The molecule has 0 atom stereocenters. The van der Waals surface area contributed by atoms with Gasteiger partial charge in [0.25, 0.3) is 0 Å². The van der Waals surface area contributed by atoms with Crippen molar-refractivity contribution in [2.24, 2.45) is 0 Å². The molecule has 0 amide bonds. The highest BCUT2D eigenvalue weighted by atomic mass is 15.2. The quantitative estimate of drug-likeness (QED) is 0.668. The van der Waals surface area contributed by atoms with Gasteiger partial charge in [-0.3, -0.25) is 0 Å². The molecule has 14 heavy (non-hydrogen) atoms. The van der Waals surface area contributed by atoms with Crippen molar-refractivity contribution in [1.29, 1.82) is 5.26 Å². The van der Waals surface area contributed by atoms with Crippen LogP contribution in [0.4, 0.5) is 5.69 Å². The van der Waals surface area contributed by atoms with Crippen LogP contribution >= 0.6 is 0 Å². The van der Waals surface area contributed by atoms with Crippen molar-refractivity contribution in [3.05, 3.63) is 29.3 Å². The molecule has 3 rings (SSSR count). The van der Waals surface area contributed by atoms with E-state index in [1.54, 1.807) is 0 Å². The number of hydrogen-bond acceptors (Lipinski definition) is 2. The van der Waals surface area contributed by atoms with E-state index >= 15 is 0 Å². The summed E-state index contributed by atoms with van der Waals surface area (Å²) in [6.07, 6.45) is 3.81. The molecular formula is C12H12N2. The third kappa shape index (κ3) is 1.09. The SMILES string of the molecule is N#Cc1ccc2c(c1)N(C1CC1)CC2. The van der Waals surface area contributed by atoms with E-state index in [-0.39, 0.29) is 0 Å². The van der Waals surface area contributed by atoms with Crippen molar-refractivity contribution < 1.29 is 0 Å². The van der Waals surface area contributed by atoms with Crippen molar-refractivity contribution in [2.75, 3.05) is 11.4 Å². The largest absolute Gasteiger partial charge is 0.368 e. The molecule has 1 saturated carbocycles. The lowest BCUT2D eigenvalue weighted by Gasteiger charge is -2.18. The zero-order chi connectivity index (χ0) is 9.54. The van der Waals surface area contributed by atoms with Gasteiger partial charge in [-0.1, -0.05) is 6.07 Å². The Morgan fingerprint density at radius 2 is 2.21 bits per heavy atom. The summed E-state index contributed by atoms with van der Waals surface area (Å²) in [7, 11) is 0. The Morgan fingerprint density at radius 3 is 2.93 bits per heavy atom. The number of rotatable bonds is 1. The molecule has 2 heteroatoms. The third-order valence-corrected chi connectivity index (χ3v) is 3.13. The summed E-state index contributed by atoms with van der Waals surface area (Å²) in [6.45, 7) is 1.15. The molecule has 0 radical (unpaired) electrons. The van der Waals surface area contributed by atoms with Crippen LogP contribution in [0.2, 0.25) is 0 Å². The summed E-state index contributed by atoms with van der Waals surface area (Å²) in [4.78, 5) is 2.47. The van der Waals surface area contributed by atoms with Crippen LogP contribution < -0.4 is 4.90 Å². The first-order valence-corrected chi connectivity index (χ1v) is 5.18. The standard InChI is InChI=1S/C12H12N2/c13-8-9-1-2-10-5-6-14(11-3-4-11)12(10)7-9/h1-2,7,11H,3-6H2. The molecule has 1 aromatic carbocycles. The van der Waals surface area contributed by atoms with E-state index in [0.717, 1.165) is 24.6 Å². The van der Waals surface area contributed by atoms with Gasteiger partial charge in [0.15, 0.2) is 0 Å². The van der Waals surface area contributed by atoms with Crippen LogP contribution in [0.3, 0.4) is 0 Å². The van der Waals surface area contributed by atoms with Crippen molar-refractivity contribution in [1.82, 2.24) is 0 Å². The predicted octanol–water partition coefficient (Wildman–Crippen LogP) is 2.08. The zero-order valence-electron chi connectivity index (χ0n) is 8.03. The smallest absolute Gasteiger partial charge is 0.0992 e. The van der Waals surface area contributed by atoms with Gasteiger partial charge >= 0.3 is 0 Å². The molecule has 1 aliphatic carbocycles. The molecule has 0 N–H and O–H groups in total. The van der Waals surface area contributed by atoms with Gasteiger partial charge in [-0.25, -0.2) is 0 Å². The Bertz CT molecular complexity index is 413. The highest BCUT2D eigenvalue weighted by Gasteiger charge is 2.33. The minimum absolute atomic E-state index is 0.769. The number of nitrogens with zero attached hydrogens (tertiary/aromatic N) is 2. The van der Waals surface area contributed by atoms with E-state index in [9.17, 15) is 0 Å². The van der Waals surface area contributed by atoms with Gasteiger partial charge in [0, 0.05) is 18.3 Å². The first-order chi connectivity index (χ1) is 6.88. The lowest BCUT2D eigenvalue weighted by Crippen LogP contribution is -2.22. The Hall–Kier alpha value is -1.49. The van der Waals surface area contributed by atoms with Gasteiger partial charge in [-0.15, -0.1) is 0 Å². The summed E-state index contributed by atoms with van der Waals surface area (Å²) >= 11 is 0. The Balaban J connectivity index is 2.03. The van der Waals surface area contributed by atoms with Gasteiger partial charge in [-0.2, -0.15) is 5.26 Å². The maximum atomic E-state index is 8.84. The summed E-state index contributed by atoms with van der Waals surface area (Å²) in [5, 5.41) is 8.84. The molecule has 0 bridgehead atoms. The fourth-order valence-corrected chi connectivity index (χ4v) is 2.24. The highest BCUT2D eigenvalue weighted by molar-refractivity contribution is 5.62. The molecule has 1 heterocycles. The average Bonchev–Trinajstić information content (AvgIpc) is 2.98. The van der Waals surface area contributed by atoms with Crippen LogP contribution in [-0.4, -0.2) is 12.6 Å². The highest BCUT2D eigenvalue weighted by Crippen LogP contribution is 2.37. The fraction of sp³-hybridized carbons (Fsp3) is 0.417. The van der Waals surface area contributed by atoms with Crippen LogP contribution in [-0.2, 0) is 6.42 Å². The minimum Gasteiger partial charge on any atom is -0.368 e. The molecule has 70 valence electrons. The van der Waals surface area contributed by atoms with E-state index in [0.29, 0.717) is 0 Å². The number of fused-ring (bicyclic) bond motifs is 1. The van der Waals surface area contributed by atoms with E-state index < -0.39 is 0 Å². The number of benzene rings is 1. The normalized spacial score (nSPS) is 19.2. The molecule has 2 nitrogen and oxygen atoms in total. The van der Waals surface area contributed by atoms with E-state index in [1.165, 1.54) is 24.1 Å². The van der Waals surface area contributed by atoms with Crippen molar-refractivity contribution in [2.45, 2.75) is 25.3 Å². The van der Waals surface area contributed by atoms with Crippen LogP contribution in [0, 0.1) is 11.3 Å². The van der Waals surface area contributed by atoms with Gasteiger partial charge in [-0.05, 0) is 37.0 Å². The first-order valence-electron chi connectivity index (χ1n) is 5.18. The van der Waals surface area contributed by atoms with E-state index in [2.05, 4.69) is 17.0 Å². The van der Waals surface area contributed by atoms with Crippen molar-refractivity contribution >= 4 is 5.69 Å². The predicted molar refractivity (Wildman–Crippen MR) is 55.2 cm³/mol. The van der Waals surface area contributed by atoms with Gasteiger partial charge < -0.3 is 4.90 Å².